The van der Waals surface area contributed by atoms with Gasteiger partial charge in [-0.2, -0.15) is 13.2 Å². The number of halogens is 3. The molecule has 2 heterocycles. The molecule has 1 atom stereocenters. The van der Waals surface area contributed by atoms with Crippen LogP contribution in [-0.2, 0) is 15.8 Å². The minimum absolute atomic E-state index is 0.0347. The number of likely N-dealkylation sites (tertiary alicyclic amines) is 1. The van der Waals surface area contributed by atoms with Gasteiger partial charge in [0.05, 0.1) is 16.5 Å². The third-order valence-corrected chi connectivity index (χ3v) is 6.88. The minimum Gasteiger partial charge on any atom is -0.343 e. The summed E-state index contributed by atoms with van der Waals surface area (Å²) in [5.41, 5.74) is 0.617. The number of hydrogen-bond donors (Lipinski definition) is 1. The molecule has 0 aromatic heterocycles. The highest BCUT2D eigenvalue weighted by Gasteiger charge is 2.35. The van der Waals surface area contributed by atoms with E-state index in [1.165, 1.54) is 11.6 Å². The molecule has 4 rings (SSSR count). The lowest BCUT2D eigenvalue weighted by atomic mass is 9.89. The van der Waals surface area contributed by atoms with Crippen LogP contribution in [0.25, 0.3) is 0 Å². The Morgan fingerprint density at radius 2 is 1.80 bits per heavy atom. The first kappa shape index (κ1) is 20.8. The second-order valence-electron chi connectivity index (χ2n) is 7.57. The van der Waals surface area contributed by atoms with Crippen molar-refractivity contribution in [2.45, 2.75) is 41.5 Å². The first-order chi connectivity index (χ1) is 14.3. The Bertz CT molecular complexity index is 941. The highest BCUT2D eigenvalue weighted by molar-refractivity contribution is 8.01. The second kappa shape index (κ2) is 8.34. The third kappa shape index (κ3) is 4.48. The number of carbonyl (C=O) groups excluding carboxylic acids is 2. The predicted molar refractivity (Wildman–Crippen MR) is 109 cm³/mol. The van der Waals surface area contributed by atoms with Crippen molar-refractivity contribution >= 4 is 29.3 Å². The van der Waals surface area contributed by atoms with Gasteiger partial charge in [0.15, 0.2) is 0 Å². The summed E-state index contributed by atoms with van der Waals surface area (Å²) < 4.78 is 38.6. The number of nitrogens with zero attached hydrogens (tertiary/aromatic N) is 1. The van der Waals surface area contributed by atoms with Gasteiger partial charge in [-0.05, 0) is 42.5 Å². The summed E-state index contributed by atoms with van der Waals surface area (Å²) in [7, 11) is 0. The van der Waals surface area contributed by atoms with E-state index in [0.29, 0.717) is 23.9 Å². The Morgan fingerprint density at radius 1 is 1.10 bits per heavy atom. The molecule has 2 aliphatic heterocycles. The first-order valence-electron chi connectivity index (χ1n) is 9.83. The summed E-state index contributed by atoms with van der Waals surface area (Å²) in [5, 5.41) is 1.88. The average Bonchev–Trinajstić information content (AvgIpc) is 2.74. The predicted octanol–water partition coefficient (Wildman–Crippen LogP) is 4.91. The van der Waals surface area contributed by atoms with Gasteiger partial charge in [0.25, 0.3) is 0 Å². The summed E-state index contributed by atoms with van der Waals surface area (Å²) in [4.78, 5) is 27.5. The van der Waals surface area contributed by atoms with E-state index >= 15 is 0 Å². The Balaban J connectivity index is 1.36. The van der Waals surface area contributed by atoms with Crippen LogP contribution in [0.5, 0.6) is 0 Å². The first-order valence-corrected chi connectivity index (χ1v) is 10.7. The second-order valence-corrected chi connectivity index (χ2v) is 8.82. The van der Waals surface area contributed by atoms with E-state index in [1.54, 1.807) is 4.90 Å². The Labute approximate surface area is 176 Å². The van der Waals surface area contributed by atoms with Crippen LogP contribution in [0, 0.1) is 0 Å². The van der Waals surface area contributed by atoms with Crippen LogP contribution in [0.4, 0.5) is 18.9 Å². The molecule has 1 fully saturated rings. The molecule has 2 aromatic carbocycles. The number of carbonyl (C=O) groups is 2. The summed E-state index contributed by atoms with van der Waals surface area (Å²) in [6.45, 7) is 1.28. The number of anilines is 1. The highest BCUT2D eigenvalue weighted by atomic mass is 32.2. The summed E-state index contributed by atoms with van der Waals surface area (Å²) in [5.74, 6) is -0.0961. The SMILES string of the molecule is O=C1Nc2cc(C(F)(F)F)ccc2SC1CC(=O)N1CCC(c2ccccc2)CC1. The van der Waals surface area contributed by atoms with Crippen LogP contribution in [0.15, 0.2) is 53.4 Å². The zero-order valence-corrected chi connectivity index (χ0v) is 16.9. The van der Waals surface area contributed by atoms with Gasteiger partial charge in [-0.3, -0.25) is 9.59 Å². The van der Waals surface area contributed by atoms with Crippen LogP contribution in [0.1, 0.15) is 36.3 Å². The molecule has 0 aliphatic carbocycles. The number of amides is 2. The molecule has 8 heteroatoms. The number of hydrogen-bond acceptors (Lipinski definition) is 3. The third-order valence-electron chi connectivity index (χ3n) is 5.61. The summed E-state index contributed by atoms with van der Waals surface area (Å²) in [6, 6.07) is 13.5. The molecule has 30 heavy (non-hydrogen) atoms. The fourth-order valence-corrected chi connectivity index (χ4v) is 5.02. The van der Waals surface area contributed by atoms with Gasteiger partial charge >= 0.3 is 6.18 Å². The maximum Gasteiger partial charge on any atom is 0.416 e. The van der Waals surface area contributed by atoms with Gasteiger partial charge in [-0.25, -0.2) is 0 Å². The molecule has 0 radical (unpaired) electrons. The van der Waals surface area contributed by atoms with E-state index in [1.807, 2.05) is 18.2 Å². The maximum atomic E-state index is 12.9. The van der Waals surface area contributed by atoms with Crippen LogP contribution < -0.4 is 5.32 Å². The quantitative estimate of drug-likeness (QED) is 0.747. The van der Waals surface area contributed by atoms with Crippen LogP contribution >= 0.6 is 11.8 Å². The number of nitrogens with one attached hydrogen (secondary N) is 1. The molecule has 1 unspecified atom stereocenters. The van der Waals surface area contributed by atoms with Crippen LogP contribution in [0.2, 0.25) is 0 Å². The average molecular weight is 434 g/mol. The van der Waals surface area contributed by atoms with E-state index in [0.717, 1.165) is 36.7 Å². The fraction of sp³-hybridized carbons (Fsp3) is 0.364. The molecular weight excluding hydrogens is 413 g/mol. The van der Waals surface area contributed by atoms with Gasteiger partial charge in [0.1, 0.15) is 0 Å². The lowest BCUT2D eigenvalue weighted by Gasteiger charge is -2.33. The summed E-state index contributed by atoms with van der Waals surface area (Å²) >= 11 is 1.15. The highest BCUT2D eigenvalue weighted by Crippen LogP contribution is 2.41. The molecule has 2 amide bonds. The van der Waals surface area contributed by atoms with E-state index in [2.05, 4.69) is 17.4 Å². The van der Waals surface area contributed by atoms with Gasteiger partial charge in [-0.1, -0.05) is 30.3 Å². The standard InChI is InChI=1S/C22H21F3N2O2S/c23-22(24,25)16-6-7-18-17(12-16)26-21(29)19(30-18)13-20(28)27-10-8-15(9-11-27)14-4-2-1-3-5-14/h1-7,12,15,19H,8-11,13H2,(H,26,29). The van der Waals surface area contributed by atoms with Crippen molar-refractivity contribution in [1.82, 2.24) is 4.90 Å². The van der Waals surface area contributed by atoms with Crippen molar-refractivity contribution in [2.24, 2.45) is 0 Å². The largest absolute Gasteiger partial charge is 0.416 e. The normalized spacial score (nSPS) is 19.9. The van der Waals surface area contributed by atoms with Gasteiger partial charge in [-0.15, -0.1) is 11.8 Å². The number of alkyl halides is 3. The fourth-order valence-electron chi connectivity index (χ4n) is 3.94. The van der Waals surface area contributed by atoms with E-state index < -0.39 is 22.9 Å². The van der Waals surface area contributed by atoms with Gasteiger partial charge in [0.2, 0.25) is 11.8 Å². The van der Waals surface area contributed by atoms with Gasteiger partial charge < -0.3 is 10.2 Å². The smallest absolute Gasteiger partial charge is 0.343 e. The topological polar surface area (TPSA) is 49.4 Å². The van der Waals surface area contributed by atoms with Crippen molar-refractivity contribution in [2.75, 3.05) is 18.4 Å². The molecule has 1 N–H and O–H groups in total. The van der Waals surface area contributed by atoms with Crippen molar-refractivity contribution in [3.63, 3.8) is 0 Å². The van der Waals surface area contributed by atoms with Crippen molar-refractivity contribution in [3.8, 4) is 0 Å². The van der Waals surface area contributed by atoms with E-state index in [4.69, 9.17) is 0 Å². The van der Waals surface area contributed by atoms with Crippen molar-refractivity contribution < 1.29 is 22.8 Å². The zero-order chi connectivity index (χ0) is 21.3. The number of rotatable bonds is 3. The van der Waals surface area contributed by atoms with Crippen LogP contribution in [0.3, 0.4) is 0 Å². The molecular formula is C22H21F3N2O2S. The Morgan fingerprint density at radius 3 is 2.47 bits per heavy atom. The van der Waals surface area contributed by atoms with Crippen molar-refractivity contribution in [1.29, 1.82) is 0 Å². The monoisotopic (exact) mass is 434 g/mol. The Kier molecular flexibility index (Phi) is 5.77. The van der Waals surface area contributed by atoms with E-state index in [-0.39, 0.29) is 18.0 Å². The van der Waals surface area contributed by atoms with Crippen LogP contribution in [-0.4, -0.2) is 35.1 Å². The Hall–Kier alpha value is -2.48. The number of thioether (sulfide) groups is 1. The summed E-state index contributed by atoms with van der Waals surface area (Å²) in [6.07, 6.45) is -2.68. The molecule has 1 saturated heterocycles. The van der Waals surface area contributed by atoms with E-state index in [9.17, 15) is 22.8 Å². The minimum atomic E-state index is -4.47. The molecule has 4 nitrogen and oxygen atoms in total. The molecule has 0 saturated carbocycles. The van der Waals surface area contributed by atoms with Gasteiger partial charge in [0, 0.05) is 24.4 Å². The molecule has 158 valence electrons. The lowest BCUT2D eigenvalue weighted by molar-refractivity contribution is -0.137. The number of benzene rings is 2. The molecule has 2 aliphatic rings. The zero-order valence-electron chi connectivity index (χ0n) is 16.1. The molecule has 0 spiro atoms. The number of piperidine rings is 1. The molecule has 2 aromatic rings. The maximum absolute atomic E-state index is 12.9. The lowest BCUT2D eigenvalue weighted by Crippen LogP contribution is -2.41. The van der Waals surface area contributed by atoms with Crippen molar-refractivity contribution in [3.05, 3.63) is 59.7 Å². The molecule has 0 bridgehead atoms. The number of fused-ring (bicyclic) bond motifs is 1.